The average molecular weight is 209 g/mol. The minimum Gasteiger partial charge on any atom is -0.469 e. The van der Waals surface area contributed by atoms with Crippen LogP contribution in [0.4, 0.5) is 0 Å². The molecular weight excluding hydrogens is 200 g/mol. The molecule has 0 amide bonds. The second-order valence-electron chi connectivity index (χ2n) is 1.86. The van der Waals surface area contributed by atoms with Crippen molar-refractivity contribution in [3.05, 3.63) is 0 Å². The van der Waals surface area contributed by atoms with Crippen LogP contribution in [0.1, 0.15) is 13.3 Å². The number of hydrogen-bond acceptors (Lipinski definition) is 3. The van der Waals surface area contributed by atoms with Gasteiger partial charge in [0.05, 0.1) is 18.4 Å². The smallest absolute Gasteiger partial charge is 0.307 e. The average Bonchev–Trinajstić information content (AvgIpc) is 1.87. The van der Waals surface area contributed by atoms with Gasteiger partial charge in [0.25, 0.3) is 0 Å². The molecule has 0 aliphatic rings. The summed E-state index contributed by atoms with van der Waals surface area (Å²) in [5, 5.41) is 0. The number of carbonyl (C=O) groups is 2. The van der Waals surface area contributed by atoms with E-state index in [0.29, 0.717) is 0 Å². The zero-order valence-corrected chi connectivity index (χ0v) is 7.47. The third-order valence-corrected chi connectivity index (χ3v) is 1.98. The van der Waals surface area contributed by atoms with Crippen LogP contribution in [0, 0.1) is 0 Å². The van der Waals surface area contributed by atoms with Crippen LogP contribution < -0.4 is 0 Å². The van der Waals surface area contributed by atoms with Gasteiger partial charge in [-0.3, -0.25) is 9.59 Å². The molecule has 10 heavy (non-hydrogen) atoms. The van der Waals surface area contributed by atoms with Gasteiger partial charge in [0.2, 0.25) is 0 Å². The first-order valence-corrected chi connectivity index (χ1v) is 3.70. The first-order chi connectivity index (χ1) is 4.57. The van der Waals surface area contributed by atoms with Crippen molar-refractivity contribution in [3.8, 4) is 0 Å². The lowest BCUT2D eigenvalue weighted by molar-refractivity contribution is -0.141. The van der Waals surface area contributed by atoms with Gasteiger partial charge in [-0.15, -0.1) is 0 Å². The maximum Gasteiger partial charge on any atom is 0.307 e. The van der Waals surface area contributed by atoms with Gasteiger partial charge in [-0.2, -0.15) is 0 Å². The molecule has 0 aromatic carbocycles. The van der Waals surface area contributed by atoms with Gasteiger partial charge < -0.3 is 4.74 Å². The molecule has 0 heterocycles. The van der Waals surface area contributed by atoms with E-state index in [1.165, 1.54) is 14.0 Å². The highest BCUT2D eigenvalue weighted by Crippen LogP contribution is 2.06. The molecule has 0 N–H and O–H groups in total. The predicted octanol–water partition coefficient (Wildman–Crippen LogP) is 0.902. The fourth-order valence-corrected chi connectivity index (χ4v) is 0.638. The van der Waals surface area contributed by atoms with Crippen molar-refractivity contribution in [1.82, 2.24) is 0 Å². The Morgan fingerprint density at radius 2 is 2.10 bits per heavy atom. The molecule has 0 rings (SSSR count). The van der Waals surface area contributed by atoms with Crippen molar-refractivity contribution in [2.45, 2.75) is 18.2 Å². The van der Waals surface area contributed by atoms with Gasteiger partial charge in [0, 0.05) is 0 Å². The maximum absolute atomic E-state index is 10.5. The molecule has 0 saturated carbocycles. The summed E-state index contributed by atoms with van der Waals surface area (Å²) < 4.78 is 4.35. The number of carbonyl (C=O) groups excluding carboxylic acids is 2. The Morgan fingerprint density at radius 1 is 1.60 bits per heavy atom. The zero-order chi connectivity index (χ0) is 8.15. The van der Waals surface area contributed by atoms with Crippen molar-refractivity contribution in [3.63, 3.8) is 0 Å². The number of hydrogen-bond donors (Lipinski definition) is 0. The highest BCUT2D eigenvalue weighted by atomic mass is 79.9. The molecule has 1 atom stereocenters. The lowest BCUT2D eigenvalue weighted by Crippen LogP contribution is -2.15. The number of rotatable bonds is 3. The minimum absolute atomic E-state index is 0.0644. The van der Waals surface area contributed by atoms with Crippen LogP contribution in [-0.4, -0.2) is 23.7 Å². The molecule has 0 aliphatic carbocycles. The summed E-state index contributed by atoms with van der Waals surface area (Å²) in [5.41, 5.74) is 0. The molecule has 0 aliphatic heterocycles. The van der Waals surface area contributed by atoms with E-state index in [2.05, 4.69) is 20.7 Å². The summed E-state index contributed by atoms with van der Waals surface area (Å²) in [5.74, 6) is -0.442. The van der Waals surface area contributed by atoms with E-state index in [-0.39, 0.29) is 18.2 Å². The van der Waals surface area contributed by atoms with Crippen LogP contribution in [0.5, 0.6) is 0 Å². The van der Waals surface area contributed by atoms with E-state index >= 15 is 0 Å². The second kappa shape index (κ2) is 4.44. The minimum atomic E-state index is -0.403. The van der Waals surface area contributed by atoms with Crippen LogP contribution in [-0.2, 0) is 14.3 Å². The Bertz CT molecular complexity index is 144. The molecule has 0 unspecified atom stereocenters. The number of esters is 1. The van der Waals surface area contributed by atoms with E-state index in [1.807, 2.05) is 0 Å². The third-order valence-electron chi connectivity index (χ3n) is 1.01. The lowest BCUT2D eigenvalue weighted by atomic mass is 10.2. The van der Waals surface area contributed by atoms with Crippen LogP contribution in [0.3, 0.4) is 0 Å². The Balaban J connectivity index is 3.68. The van der Waals surface area contributed by atoms with Gasteiger partial charge in [0.15, 0.2) is 0 Å². The van der Waals surface area contributed by atoms with E-state index in [0.717, 1.165) is 0 Å². The van der Waals surface area contributed by atoms with Gasteiger partial charge in [-0.05, 0) is 6.92 Å². The molecule has 0 saturated heterocycles. The van der Waals surface area contributed by atoms with Crippen molar-refractivity contribution in [2.24, 2.45) is 0 Å². The Hall–Kier alpha value is -0.380. The summed E-state index contributed by atoms with van der Waals surface area (Å²) in [4.78, 5) is 20.7. The summed E-state index contributed by atoms with van der Waals surface area (Å²) in [7, 11) is 1.29. The van der Waals surface area contributed by atoms with E-state index < -0.39 is 4.83 Å². The number of ether oxygens (including phenoxy) is 1. The zero-order valence-electron chi connectivity index (χ0n) is 5.89. The normalized spacial score (nSPS) is 12.3. The lowest BCUT2D eigenvalue weighted by Gasteiger charge is -2.01. The predicted molar refractivity (Wildman–Crippen MR) is 40.0 cm³/mol. The van der Waals surface area contributed by atoms with Crippen molar-refractivity contribution in [2.75, 3.05) is 7.11 Å². The summed E-state index contributed by atoms with van der Waals surface area (Å²) >= 11 is 3.03. The number of ketones is 1. The Labute approximate surface area is 67.9 Å². The number of Topliss-reactive ketones (excluding diaryl/α,β-unsaturated/α-hetero) is 1. The molecule has 0 aromatic heterocycles. The number of methoxy groups -OCH3 is 1. The standard InChI is InChI=1S/C6H9BrO3/c1-4(8)5(7)3-6(9)10-2/h5H,3H2,1-2H3/t5-/m0/s1. The topological polar surface area (TPSA) is 43.4 Å². The molecule has 4 heteroatoms. The molecule has 0 bridgehead atoms. The molecule has 58 valence electrons. The van der Waals surface area contributed by atoms with Crippen molar-refractivity contribution >= 4 is 27.7 Å². The van der Waals surface area contributed by atoms with E-state index in [1.54, 1.807) is 0 Å². The van der Waals surface area contributed by atoms with Crippen LogP contribution >= 0.6 is 15.9 Å². The highest BCUT2D eigenvalue weighted by Gasteiger charge is 2.14. The third kappa shape index (κ3) is 3.61. The first-order valence-electron chi connectivity index (χ1n) is 2.79. The highest BCUT2D eigenvalue weighted by molar-refractivity contribution is 9.10. The molecule has 3 nitrogen and oxygen atoms in total. The molecule has 0 fully saturated rings. The van der Waals surface area contributed by atoms with Crippen molar-refractivity contribution in [1.29, 1.82) is 0 Å². The van der Waals surface area contributed by atoms with Gasteiger partial charge in [0.1, 0.15) is 5.78 Å². The first kappa shape index (κ1) is 9.62. The van der Waals surface area contributed by atoms with Crippen LogP contribution in [0.25, 0.3) is 0 Å². The summed E-state index contributed by atoms with van der Waals surface area (Å²) in [6.45, 7) is 1.42. The summed E-state index contributed by atoms with van der Waals surface area (Å²) in [6, 6.07) is 0. The quantitative estimate of drug-likeness (QED) is 0.512. The van der Waals surface area contributed by atoms with E-state index in [9.17, 15) is 9.59 Å². The largest absolute Gasteiger partial charge is 0.469 e. The Morgan fingerprint density at radius 3 is 2.40 bits per heavy atom. The number of halogens is 1. The second-order valence-corrected chi connectivity index (χ2v) is 2.96. The maximum atomic E-state index is 10.5. The molecule has 0 radical (unpaired) electrons. The van der Waals surface area contributed by atoms with Crippen LogP contribution in [0.2, 0.25) is 0 Å². The molecular formula is C6H9BrO3. The van der Waals surface area contributed by atoms with Gasteiger partial charge in [-0.1, -0.05) is 15.9 Å². The van der Waals surface area contributed by atoms with Crippen molar-refractivity contribution < 1.29 is 14.3 Å². The summed E-state index contributed by atoms with van der Waals surface area (Å²) in [6.07, 6.45) is 0.103. The fraction of sp³-hybridized carbons (Fsp3) is 0.667. The Kier molecular flexibility index (Phi) is 4.27. The molecule has 0 spiro atoms. The SMILES string of the molecule is COC(=O)C[C@H](Br)C(C)=O. The fourth-order valence-electron chi connectivity index (χ4n) is 0.373. The van der Waals surface area contributed by atoms with Crippen LogP contribution in [0.15, 0.2) is 0 Å². The van der Waals surface area contributed by atoms with Gasteiger partial charge >= 0.3 is 5.97 Å². The van der Waals surface area contributed by atoms with Gasteiger partial charge in [-0.25, -0.2) is 0 Å². The number of alkyl halides is 1. The van der Waals surface area contributed by atoms with E-state index in [4.69, 9.17) is 0 Å². The monoisotopic (exact) mass is 208 g/mol. The molecule has 0 aromatic rings.